The Kier molecular flexibility index (Phi) is 5.43. The van der Waals surface area contributed by atoms with Crippen LogP contribution < -0.4 is 4.74 Å². The zero-order valence-electron chi connectivity index (χ0n) is 12.8. The predicted molar refractivity (Wildman–Crippen MR) is 88.5 cm³/mol. The molecule has 0 saturated carbocycles. The second kappa shape index (κ2) is 7.51. The standard InChI is InChI=1S/C18H26ClNO/c19-8-3-11-21-18-7-6-16-12-15(4-5-17(16)13-18)14-20-9-1-2-10-20/h6-7,13,15H,1-5,8-12,14H2. The number of ether oxygens (including phenoxy) is 1. The van der Waals surface area contributed by atoms with Gasteiger partial charge in [0.2, 0.25) is 0 Å². The lowest BCUT2D eigenvalue weighted by atomic mass is 9.83. The molecule has 1 aliphatic heterocycles. The van der Waals surface area contributed by atoms with Crippen molar-refractivity contribution in [1.82, 2.24) is 4.90 Å². The molecule has 0 radical (unpaired) electrons. The molecular weight excluding hydrogens is 282 g/mol. The van der Waals surface area contributed by atoms with Crippen molar-refractivity contribution >= 4 is 11.6 Å². The van der Waals surface area contributed by atoms with Gasteiger partial charge in [0, 0.05) is 12.4 Å². The van der Waals surface area contributed by atoms with Crippen LogP contribution in [-0.2, 0) is 12.8 Å². The summed E-state index contributed by atoms with van der Waals surface area (Å²) in [5, 5.41) is 0. The highest BCUT2D eigenvalue weighted by molar-refractivity contribution is 6.17. The van der Waals surface area contributed by atoms with Gasteiger partial charge in [-0.25, -0.2) is 0 Å². The molecule has 2 nitrogen and oxygen atoms in total. The Labute approximate surface area is 133 Å². The van der Waals surface area contributed by atoms with E-state index in [0.29, 0.717) is 5.88 Å². The quantitative estimate of drug-likeness (QED) is 0.584. The van der Waals surface area contributed by atoms with Crippen molar-refractivity contribution in [2.45, 2.75) is 38.5 Å². The van der Waals surface area contributed by atoms with Gasteiger partial charge >= 0.3 is 0 Å². The van der Waals surface area contributed by atoms with Crippen LogP contribution in [0, 0.1) is 5.92 Å². The first-order valence-corrected chi connectivity index (χ1v) is 8.91. The highest BCUT2D eigenvalue weighted by atomic mass is 35.5. The molecule has 3 rings (SSSR count). The van der Waals surface area contributed by atoms with E-state index >= 15 is 0 Å². The molecule has 0 N–H and O–H groups in total. The summed E-state index contributed by atoms with van der Waals surface area (Å²) in [4.78, 5) is 2.65. The lowest BCUT2D eigenvalue weighted by Gasteiger charge is -2.28. The third-order valence-electron chi connectivity index (χ3n) is 4.77. The van der Waals surface area contributed by atoms with Crippen LogP contribution in [-0.4, -0.2) is 37.0 Å². The van der Waals surface area contributed by atoms with Crippen LogP contribution in [0.2, 0.25) is 0 Å². The minimum atomic E-state index is 0.670. The van der Waals surface area contributed by atoms with Gasteiger partial charge in [-0.15, -0.1) is 11.6 Å². The Hall–Kier alpha value is -0.730. The average molecular weight is 308 g/mol. The molecule has 1 fully saturated rings. The van der Waals surface area contributed by atoms with Crippen LogP contribution in [0.3, 0.4) is 0 Å². The number of rotatable bonds is 6. The highest BCUT2D eigenvalue weighted by Crippen LogP contribution is 2.29. The number of aryl methyl sites for hydroxylation is 1. The summed E-state index contributed by atoms with van der Waals surface area (Å²) < 4.78 is 5.75. The van der Waals surface area contributed by atoms with Gasteiger partial charge in [0.15, 0.2) is 0 Å². The Morgan fingerprint density at radius 2 is 2.05 bits per heavy atom. The maximum Gasteiger partial charge on any atom is 0.119 e. The Balaban J connectivity index is 1.56. The second-order valence-electron chi connectivity index (χ2n) is 6.44. The molecule has 0 bridgehead atoms. The van der Waals surface area contributed by atoms with Crippen molar-refractivity contribution in [1.29, 1.82) is 0 Å². The lowest BCUT2D eigenvalue weighted by Crippen LogP contribution is -2.30. The first kappa shape index (κ1) is 15.2. The molecule has 0 spiro atoms. The van der Waals surface area contributed by atoms with Gasteiger partial charge in [-0.1, -0.05) is 6.07 Å². The second-order valence-corrected chi connectivity index (χ2v) is 6.82. The summed E-state index contributed by atoms with van der Waals surface area (Å²) in [6.45, 7) is 4.65. The third-order valence-corrected chi connectivity index (χ3v) is 5.04. The summed E-state index contributed by atoms with van der Waals surface area (Å²) in [6, 6.07) is 6.66. The Bertz CT molecular complexity index is 457. The molecule has 1 heterocycles. The number of hydrogen-bond donors (Lipinski definition) is 0. The summed E-state index contributed by atoms with van der Waals surface area (Å²) in [5.74, 6) is 2.53. The molecule has 21 heavy (non-hydrogen) atoms. The molecule has 1 aliphatic carbocycles. The first-order chi connectivity index (χ1) is 10.3. The van der Waals surface area contributed by atoms with Gasteiger partial charge in [0.25, 0.3) is 0 Å². The maximum atomic E-state index is 5.75. The van der Waals surface area contributed by atoms with Gasteiger partial charge in [-0.05, 0) is 80.8 Å². The zero-order chi connectivity index (χ0) is 14.5. The molecule has 0 amide bonds. The summed E-state index contributed by atoms with van der Waals surface area (Å²) in [5.41, 5.74) is 3.03. The fourth-order valence-electron chi connectivity index (χ4n) is 3.63. The molecule has 1 aromatic carbocycles. The number of halogens is 1. The molecule has 0 aromatic heterocycles. The number of hydrogen-bond acceptors (Lipinski definition) is 2. The molecule has 1 unspecified atom stereocenters. The van der Waals surface area contributed by atoms with Crippen LogP contribution in [0.4, 0.5) is 0 Å². The van der Waals surface area contributed by atoms with Gasteiger partial charge in [0.05, 0.1) is 6.61 Å². The summed E-state index contributed by atoms with van der Waals surface area (Å²) in [7, 11) is 0. The zero-order valence-corrected chi connectivity index (χ0v) is 13.6. The molecular formula is C18H26ClNO. The van der Waals surface area contributed by atoms with Crippen molar-refractivity contribution in [2.75, 3.05) is 32.1 Å². The van der Waals surface area contributed by atoms with Crippen LogP contribution in [0.15, 0.2) is 18.2 Å². The minimum Gasteiger partial charge on any atom is -0.494 e. The predicted octanol–water partition coefficient (Wildman–Crippen LogP) is 3.90. The minimum absolute atomic E-state index is 0.670. The lowest BCUT2D eigenvalue weighted by molar-refractivity contribution is 0.261. The van der Waals surface area contributed by atoms with E-state index in [4.69, 9.17) is 16.3 Å². The number of benzene rings is 1. The first-order valence-electron chi connectivity index (χ1n) is 8.38. The fraction of sp³-hybridized carbons (Fsp3) is 0.667. The Morgan fingerprint density at radius 1 is 1.19 bits per heavy atom. The molecule has 3 heteroatoms. The van der Waals surface area contributed by atoms with E-state index < -0.39 is 0 Å². The van der Waals surface area contributed by atoms with Crippen molar-refractivity contribution in [3.63, 3.8) is 0 Å². The monoisotopic (exact) mass is 307 g/mol. The summed E-state index contributed by atoms with van der Waals surface area (Å²) in [6.07, 6.45) is 7.48. The van der Waals surface area contributed by atoms with Crippen molar-refractivity contribution in [3.8, 4) is 5.75 Å². The van der Waals surface area contributed by atoms with E-state index in [1.807, 2.05) is 0 Å². The van der Waals surface area contributed by atoms with Crippen molar-refractivity contribution in [2.24, 2.45) is 5.92 Å². The third kappa shape index (κ3) is 4.14. The molecule has 1 aromatic rings. The fourth-order valence-corrected chi connectivity index (χ4v) is 3.74. The topological polar surface area (TPSA) is 12.5 Å². The van der Waals surface area contributed by atoms with E-state index in [9.17, 15) is 0 Å². The Morgan fingerprint density at radius 3 is 2.86 bits per heavy atom. The average Bonchev–Trinajstić information content (AvgIpc) is 3.00. The highest BCUT2D eigenvalue weighted by Gasteiger charge is 2.22. The number of nitrogens with zero attached hydrogens (tertiary/aromatic N) is 1. The van der Waals surface area contributed by atoms with E-state index in [-0.39, 0.29) is 0 Å². The van der Waals surface area contributed by atoms with Crippen LogP contribution >= 0.6 is 11.6 Å². The van der Waals surface area contributed by atoms with Crippen LogP contribution in [0.1, 0.15) is 36.8 Å². The SMILES string of the molecule is ClCCCOc1ccc2c(c1)CCC(CN1CCCC1)C2. The summed E-state index contributed by atoms with van der Waals surface area (Å²) >= 11 is 5.68. The smallest absolute Gasteiger partial charge is 0.119 e. The molecule has 116 valence electrons. The van der Waals surface area contributed by atoms with E-state index in [1.165, 1.54) is 62.9 Å². The largest absolute Gasteiger partial charge is 0.494 e. The van der Waals surface area contributed by atoms with Gasteiger partial charge in [-0.2, -0.15) is 0 Å². The maximum absolute atomic E-state index is 5.75. The number of fused-ring (bicyclic) bond motifs is 1. The number of likely N-dealkylation sites (tertiary alicyclic amines) is 1. The van der Waals surface area contributed by atoms with Crippen LogP contribution in [0.25, 0.3) is 0 Å². The van der Waals surface area contributed by atoms with Crippen molar-refractivity contribution in [3.05, 3.63) is 29.3 Å². The van der Waals surface area contributed by atoms with E-state index in [2.05, 4.69) is 23.1 Å². The van der Waals surface area contributed by atoms with E-state index in [1.54, 1.807) is 0 Å². The van der Waals surface area contributed by atoms with Crippen molar-refractivity contribution < 1.29 is 4.74 Å². The normalized spacial score (nSPS) is 22.2. The van der Waals surface area contributed by atoms with Gasteiger partial charge < -0.3 is 9.64 Å². The number of alkyl halides is 1. The molecule has 1 saturated heterocycles. The van der Waals surface area contributed by atoms with E-state index in [0.717, 1.165) is 24.7 Å². The van der Waals surface area contributed by atoms with Gasteiger partial charge in [-0.3, -0.25) is 0 Å². The van der Waals surface area contributed by atoms with Gasteiger partial charge in [0.1, 0.15) is 5.75 Å². The molecule has 1 atom stereocenters. The molecule has 2 aliphatic rings. The van der Waals surface area contributed by atoms with Crippen LogP contribution in [0.5, 0.6) is 5.75 Å².